The van der Waals surface area contributed by atoms with Gasteiger partial charge in [-0.05, 0) is 19.4 Å². The molecule has 0 radical (unpaired) electrons. The second kappa shape index (κ2) is 3.43. The molecule has 2 aliphatic rings. The van der Waals surface area contributed by atoms with Crippen LogP contribution < -0.4 is 0 Å². The minimum atomic E-state index is -1.57. The molecular weight excluding hydrogens is 186 g/mol. The van der Waals surface area contributed by atoms with E-state index in [9.17, 15) is 15.3 Å². The number of rotatable bonds is 1. The molecule has 0 aromatic carbocycles. The monoisotopic (exact) mass is 203 g/mol. The summed E-state index contributed by atoms with van der Waals surface area (Å²) in [6.45, 7) is 0.539. The molecular formula is C9H17NO4. The minimum absolute atomic E-state index is 0.0585. The van der Waals surface area contributed by atoms with Crippen molar-refractivity contribution in [3.05, 3.63) is 0 Å². The van der Waals surface area contributed by atoms with Gasteiger partial charge < -0.3 is 20.4 Å². The molecule has 4 N–H and O–H groups in total. The smallest absolute Gasteiger partial charge is 0.129 e. The lowest BCUT2D eigenvalue weighted by Crippen LogP contribution is -2.67. The largest absolute Gasteiger partial charge is 0.393 e. The van der Waals surface area contributed by atoms with E-state index in [1.54, 1.807) is 0 Å². The number of hydrogen-bond donors (Lipinski definition) is 4. The van der Waals surface area contributed by atoms with Crippen molar-refractivity contribution >= 4 is 0 Å². The average molecular weight is 203 g/mol. The van der Waals surface area contributed by atoms with Crippen molar-refractivity contribution in [3.8, 4) is 0 Å². The van der Waals surface area contributed by atoms with Crippen LogP contribution in [-0.4, -0.2) is 68.9 Å². The highest BCUT2D eigenvalue weighted by Gasteiger charge is 2.51. The molecule has 14 heavy (non-hydrogen) atoms. The van der Waals surface area contributed by atoms with Crippen LogP contribution in [0.2, 0.25) is 0 Å². The summed E-state index contributed by atoms with van der Waals surface area (Å²) in [4.78, 5) is 1.94. The maximum Gasteiger partial charge on any atom is 0.129 e. The molecule has 0 aromatic rings. The first-order valence-electron chi connectivity index (χ1n) is 5.02. The Bertz CT molecular complexity index is 225. The zero-order valence-electron chi connectivity index (χ0n) is 8.00. The number of hydrogen-bond acceptors (Lipinski definition) is 5. The highest BCUT2D eigenvalue weighted by atomic mass is 16.4. The van der Waals surface area contributed by atoms with Crippen molar-refractivity contribution in [3.63, 3.8) is 0 Å². The van der Waals surface area contributed by atoms with E-state index in [-0.39, 0.29) is 12.6 Å². The number of fused-ring (bicyclic) bond motifs is 1. The summed E-state index contributed by atoms with van der Waals surface area (Å²) in [5.74, 6) is 0. The number of aliphatic hydroxyl groups is 4. The second-order valence-electron chi connectivity index (χ2n) is 4.38. The molecule has 2 heterocycles. The maximum absolute atomic E-state index is 9.86. The predicted molar refractivity (Wildman–Crippen MR) is 48.6 cm³/mol. The first kappa shape index (κ1) is 10.3. The van der Waals surface area contributed by atoms with Crippen LogP contribution in [0, 0.1) is 0 Å². The second-order valence-corrected chi connectivity index (χ2v) is 4.38. The van der Waals surface area contributed by atoms with Gasteiger partial charge in [-0.3, -0.25) is 4.90 Å². The number of piperidine rings is 1. The highest BCUT2D eigenvalue weighted by molar-refractivity contribution is 5.05. The fraction of sp³-hybridized carbons (Fsp3) is 1.00. The van der Waals surface area contributed by atoms with Crippen molar-refractivity contribution in [2.45, 2.75) is 36.7 Å². The van der Waals surface area contributed by atoms with Gasteiger partial charge in [0, 0.05) is 12.6 Å². The molecule has 2 fully saturated rings. The molecule has 0 aromatic heterocycles. The van der Waals surface area contributed by atoms with Crippen LogP contribution in [0.5, 0.6) is 0 Å². The van der Waals surface area contributed by atoms with Gasteiger partial charge >= 0.3 is 0 Å². The fourth-order valence-electron chi connectivity index (χ4n) is 2.55. The Labute approximate surface area is 82.6 Å². The SMILES string of the molecule is OCC1(O)CN2CCCC2C(O)C1O. The minimum Gasteiger partial charge on any atom is -0.393 e. The lowest BCUT2D eigenvalue weighted by molar-refractivity contribution is -0.197. The molecule has 4 unspecified atom stereocenters. The molecule has 82 valence electrons. The summed E-state index contributed by atoms with van der Waals surface area (Å²) >= 11 is 0. The van der Waals surface area contributed by atoms with Gasteiger partial charge in [0.25, 0.3) is 0 Å². The van der Waals surface area contributed by atoms with Gasteiger partial charge in [0.2, 0.25) is 0 Å². The van der Waals surface area contributed by atoms with E-state index in [0.717, 1.165) is 19.4 Å². The topological polar surface area (TPSA) is 84.2 Å². The van der Waals surface area contributed by atoms with Gasteiger partial charge in [-0.1, -0.05) is 0 Å². The standard InChI is InChI=1S/C9H17NO4/c11-5-9(14)4-10-3-1-2-6(10)7(12)8(9)13/h6-8,11-14H,1-5H2. The van der Waals surface area contributed by atoms with Gasteiger partial charge in [0.05, 0.1) is 12.7 Å². The Morgan fingerprint density at radius 3 is 2.71 bits per heavy atom. The van der Waals surface area contributed by atoms with Crippen molar-refractivity contribution in [1.29, 1.82) is 0 Å². The fourth-order valence-corrected chi connectivity index (χ4v) is 2.55. The van der Waals surface area contributed by atoms with Crippen LogP contribution in [0.25, 0.3) is 0 Å². The molecule has 2 aliphatic heterocycles. The molecule has 0 amide bonds. The summed E-state index contributed by atoms with van der Waals surface area (Å²) < 4.78 is 0. The number of nitrogens with zero attached hydrogens (tertiary/aromatic N) is 1. The normalized spacial score (nSPS) is 49.3. The quantitative estimate of drug-likeness (QED) is 0.393. The molecule has 0 spiro atoms. The van der Waals surface area contributed by atoms with Crippen LogP contribution >= 0.6 is 0 Å². The molecule has 0 saturated carbocycles. The zero-order chi connectivity index (χ0) is 10.3. The average Bonchev–Trinajstić information content (AvgIpc) is 2.62. The molecule has 4 atom stereocenters. The van der Waals surface area contributed by atoms with Gasteiger partial charge in [-0.15, -0.1) is 0 Å². The zero-order valence-corrected chi connectivity index (χ0v) is 8.00. The van der Waals surface area contributed by atoms with Crippen LogP contribution in [0.1, 0.15) is 12.8 Å². The molecule has 0 bridgehead atoms. The summed E-state index contributed by atoms with van der Waals surface area (Å²) in [6, 6.07) is -0.0585. The van der Waals surface area contributed by atoms with Crippen LogP contribution in [-0.2, 0) is 0 Å². The van der Waals surface area contributed by atoms with E-state index in [1.165, 1.54) is 0 Å². The Kier molecular flexibility index (Phi) is 2.53. The molecule has 0 aliphatic carbocycles. The van der Waals surface area contributed by atoms with Gasteiger partial charge in [-0.25, -0.2) is 0 Å². The van der Waals surface area contributed by atoms with Crippen LogP contribution in [0.15, 0.2) is 0 Å². The van der Waals surface area contributed by atoms with Crippen molar-refractivity contribution in [1.82, 2.24) is 4.90 Å². The lowest BCUT2D eigenvalue weighted by Gasteiger charge is -2.46. The third kappa shape index (κ3) is 1.36. The molecule has 2 rings (SSSR count). The van der Waals surface area contributed by atoms with Crippen LogP contribution in [0.3, 0.4) is 0 Å². The van der Waals surface area contributed by atoms with E-state index in [4.69, 9.17) is 5.11 Å². The molecule has 5 heteroatoms. The maximum atomic E-state index is 9.86. The Hall–Kier alpha value is -0.200. The van der Waals surface area contributed by atoms with Gasteiger partial charge in [0.15, 0.2) is 0 Å². The summed E-state index contributed by atoms with van der Waals surface area (Å²) in [6.07, 6.45) is -0.384. The third-order valence-corrected chi connectivity index (χ3v) is 3.43. The van der Waals surface area contributed by atoms with Gasteiger partial charge in [-0.2, -0.15) is 0 Å². The Morgan fingerprint density at radius 2 is 2.07 bits per heavy atom. The van der Waals surface area contributed by atoms with E-state index in [1.807, 2.05) is 4.90 Å². The van der Waals surface area contributed by atoms with Crippen molar-refractivity contribution < 1.29 is 20.4 Å². The van der Waals surface area contributed by atoms with Crippen LogP contribution in [0.4, 0.5) is 0 Å². The molecule has 2 saturated heterocycles. The Morgan fingerprint density at radius 1 is 1.36 bits per heavy atom. The third-order valence-electron chi connectivity index (χ3n) is 3.43. The number of aliphatic hydroxyl groups excluding tert-OH is 3. The van der Waals surface area contributed by atoms with Crippen molar-refractivity contribution in [2.24, 2.45) is 0 Å². The highest BCUT2D eigenvalue weighted by Crippen LogP contribution is 2.32. The molecule has 5 nitrogen and oxygen atoms in total. The first-order chi connectivity index (χ1) is 6.58. The Balaban J connectivity index is 2.19. The summed E-state index contributed by atoms with van der Waals surface area (Å²) in [7, 11) is 0. The summed E-state index contributed by atoms with van der Waals surface area (Å²) in [5, 5.41) is 38.3. The first-order valence-corrected chi connectivity index (χ1v) is 5.02. The van der Waals surface area contributed by atoms with E-state index in [0.29, 0.717) is 0 Å². The summed E-state index contributed by atoms with van der Waals surface area (Å²) in [5.41, 5.74) is -1.57. The lowest BCUT2D eigenvalue weighted by atomic mass is 9.84. The van der Waals surface area contributed by atoms with Gasteiger partial charge in [0.1, 0.15) is 11.7 Å². The van der Waals surface area contributed by atoms with E-state index < -0.39 is 24.4 Å². The van der Waals surface area contributed by atoms with E-state index >= 15 is 0 Å². The van der Waals surface area contributed by atoms with E-state index in [2.05, 4.69) is 0 Å². The predicted octanol–water partition coefficient (Wildman–Crippen LogP) is -2.09. The van der Waals surface area contributed by atoms with Crippen molar-refractivity contribution in [2.75, 3.05) is 19.7 Å².